The van der Waals surface area contributed by atoms with Gasteiger partial charge in [-0.1, -0.05) is 11.8 Å². The molecule has 1 saturated heterocycles. The smallest absolute Gasteiger partial charge is 0.350 e. The molecule has 130 valence electrons. The second-order valence-corrected chi connectivity index (χ2v) is 7.18. The summed E-state index contributed by atoms with van der Waals surface area (Å²) in [6, 6.07) is 0. The summed E-state index contributed by atoms with van der Waals surface area (Å²) >= 11 is 2.59. The molecule has 0 unspecified atom stereocenters. The number of ether oxygens (including phenoxy) is 2. The van der Waals surface area contributed by atoms with Gasteiger partial charge in [-0.05, 0) is 20.3 Å². The lowest BCUT2D eigenvalue weighted by Crippen LogP contribution is -2.27. The first-order valence-corrected chi connectivity index (χ1v) is 9.06. The third-order valence-electron chi connectivity index (χ3n) is 3.20. The minimum Gasteiger partial charge on any atom is -0.466 e. The highest BCUT2D eigenvalue weighted by molar-refractivity contribution is 8.04. The van der Waals surface area contributed by atoms with Crippen LogP contribution in [0.4, 0.5) is 0 Å². The summed E-state index contributed by atoms with van der Waals surface area (Å²) in [6.07, 6.45) is 1.78. The molecule has 1 aliphatic heterocycles. The Labute approximate surface area is 148 Å². The summed E-state index contributed by atoms with van der Waals surface area (Å²) in [5, 5.41) is 1.38. The molecule has 1 aliphatic rings. The van der Waals surface area contributed by atoms with E-state index in [-0.39, 0.29) is 12.5 Å². The Bertz CT molecular complexity index is 683. The van der Waals surface area contributed by atoms with Crippen LogP contribution in [0.1, 0.15) is 26.8 Å². The number of aryl methyl sites for hydroxylation is 2. The molecule has 1 amide bonds. The number of methoxy groups -OCH3 is 1. The summed E-state index contributed by atoms with van der Waals surface area (Å²) < 4.78 is 9.80. The maximum Gasteiger partial charge on any atom is 0.350 e. The molecular weight excluding hydrogens is 352 g/mol. The normalized spacial score (nSPS) is 15.9. The highest BCUT2D eigenvalue weighted by Gasteiger charge is 2.27. The second-order valence-electron chi connectivity index (χ2n) is 4.98. The van der Waals surface area contributed by atoms with Gasteiger partial charge in [0.25, 0.3) is 0 Å². The van der Waals surface area contributed by atoms with Crippen molar-refractivity contribution < 1.29 is 23.9 Å². The Morgan fingerprint density at radius 1 is 1.38 bits per heavy atom. The minimum absolute atomic E-state index is 0.0737. The highest BCUT2D eigenvalue weighted by Crippen LogP contribution is 2.28. The largest absolute Gasteiger partial charge is 0.466 e. The second kappa shape index (κ2) is 8.29. The topological polar surface area (TPSA) is 85.8 Å². The van der Waals surface area contributed by atoms with Crippen LogP contribution in [0.25, 0.3) is 0 Å². The van der Waals surface area contributed by atoms with Crippen molar-refractivity contribution in [1.29, 1.82) is 0 Å². The lowest BCUT2D eigenvalue weighted by Gasteiger charge is -2.16. The molecule has 0 N–H and O–H groups in total. The zero-order valence-corrected chi connectivity index (χ0v) is 15.3. The van der Waals surface area contributed by atoms with E-state index in [1.807, 2.05) is 6.92 Å². The first-order valence-electron chi connectivity index (χ1n) is 7.26. The van der Waals surface area contributed by atoms with Gasteiger partial charge >= 0.3 is 11.9 Å². The molecule has 1 aromatic heterocycles. The molecular formula is C15H18N2O5S2. The molecule has 0 radical (unpaired) electrons. The fraction of sp³-hybridized carbons (Fsp3) is 0.467. The van der Waals surface area contributed by atoms with E-state index in [0.717, 1.165) is 5.01 Å². The van der Waals surface area contributed by atoms with Crippen molar-refractivity contribution in [2.24, 2.45) is 0 Å². The van der Waals surface area contributed by atoms with E-state index in [9.17, 15) is 14.4 Å². The van der Waals surface area contributed by atoms with Crippen LogP contribution in [0.2, 0.25) is 0 Å². The summed E-state index contributed by atoms with van der Waals surface area (Å²) in [4.78, 5) is 41.3. The van der Waals surface area contributed by atoms with Crippen molar-refractivity contribution in [1.82, 2.24) is 9.88 Å². The molecule has 2 rings (SSSR count). The Kier molecular flexibility index (Phi) is 6.38. The highest BCUT2D eigenvalue weighted by atomic mass is 32.2. The first-order chi connectivity index (χ1) is 11.4. The number of hydrogen-bond donors (Lipinski definition) is 0. The molecule has 0 aliphatic carbocycles. The average molecular weight is 370 g/mol. The molecule has 1 fully saturated rings. The Morgan fingerprint density at radius 2 is 2.12 bits per heavy atom. The predicted molar refractivity (Wildman–Crippen MR) is 90.8 cm³/mol. The quantitative estimate of drug-likeness (QED) is 0.429. The fourth-order valence-corrected chi connectivity index (χ4v) is 3.87. The first kappa shape index (κ1) is 18.5. The van der Waals surface area contributed by atoms with Gasteiger partial charge in [0.15, 0.2) is 0 Å². The molecule has 24 heavy (non-hydrogen) atoms. The number of esters is 2. The van der Waals surface area contributed by atoms with E-state index < -0.39 is 11.9 Å². The number of carbonyl (C=O) groups excluding carboxylic acids is 3. The number of aromatic nitrogens is 1. The standard InChI is InChI=1S/C15H18N2O5S2/c1-9-14(24-10(2)16-9)15(20)22-6-4-5-17-11(18)8-23-12(17)7-13(19)21-3/h7H,4-6,8H2,1-3H3/b12-7+. The van der Waals surface area contributed by atoms with E-state index in [4.69, 9.17) is 4.74 Å². The number of thioether (sulfide) groups is 1. The number of rotatable bonds is 6. The van der Waals surface area contributed by atoms with Crippen LogP contribution in [0, 0.1) is 13.8 Å². The molecule has 2 heterocycles. The number of carbonyl (C=O) groups is 3. The average Bonchev–Trinajstić information content (AvgIpc) is 3.06. The molecule has 1 aromatic rings. The number of thiazole rings is 1. The van der Waals surface area contributed by atoms with Gasteiger partial charge in [0.1, 0.15) is 4.88 Å². The summed E-state index contributed by atoms with van der Waals surface area (Å²) in [5.41, 5.74) is 0.664. The van der Waals surface area contributed by atoms with Crippen LogP contribution in [-0.4, -0.2) is 53.7 Å². The van der Waals surface area contributed by atoms with Crippen LogP contribution in [0.15, 0.2) is 11.1 Å². The van der Waals surface area contributed by atoms with Crippen LogP contribution in [-0.2, 0) is 19.1 Å². The van der Waals surface area contributed by atoms with Gasteiger partial charge in [0.2, 0.25) is 5.91 Å². The number of amides is 1. The lowest BCUT2D eigenvalue weighted by molar-refractivity contribution is -0.134. The summed E-state index contributed by atoms with van der Waals surface area (Å²) in [5.74, 6) is -0.678. The third-order valence-corrected chi connectivity index (χ3v) is 5.28. The van der Waals surface area contributed by atoms with Crippen LogP contribution < -0.4 is 0 Å². The van der Waals surface area contributed by atoms with Crippen LogP contribution in [0.3, 0.4) is 0 Å². The fourth-order valence-electron chi connectivity index (χ4n) is 2.10. The van der Waals surface area contributed by atoms with Crippen molar-refractivity contribution in [2.45, 2.75) is 20.3 Å². The maximum atomic E-state index is 12.0. The molecule has 0 spiro atoms. The van der Waals surface area contributed by atoms with Crippen molar-refractivity contribution in [3.63, 3.8) is 0 Å². The zero-order valence-electron chi connectivity index (χ0n) is 13.7. The monoisotopic (exact) mass is 370 g/mol. The van der Waals surface area contributed by atoms with Gasteiger partial charge in [0.05, 0.1) is 41.3 Å². The van der Waals surface area contributed by atoms with E-state index in [1.54, 1.807) is 6.92 Å². The predicted octanol–water partition coefficient (Wildman–Crippen LogP) is 1.90. The van der Waals surface area contributed by atoms with Crippen molar-refractivity contribution in [3.8, 4) is 0 Å². The third kappa shape index (κ3) is 4.57. The van der Waals surface area contributed by atoms with Crippen molar-refractivity contribution in [2.75, 3.05) is 26.0 Å². The zero-order chi connectivity index (χ0) is 17.7. The Hall–Kier alpha value is -1.87. The maximum absolute atomic E-state index is 12.0. The molecule has 0 bridgehead atoms. The minimum atomic E-state index is -0.500. The van der Waals surface area contributed by atoms with Gasteiger partial charge in [0, 0.05) is 6.54 Å². The number of nitrogens with zero attached hydrogens (tertiary/aromatic N) is 2. The SMILES string of the molecule is COC(=O)/C=C1/SCC(=O)N1CCCOC(=O)c1sc(C)nc1C. The van der Waals surface area contributed by atoms with Crippen LogP contribution in [0.5, 0.6) is 0 Å². The number of hydrogen-bond acceptors (Lipinski definition) is 8. The molecule has 7 nitrogen and oxygen atoms in total. The summed E-state index contributed by atoms with van der Waals surface area (Å²) in [6.45, 7) is 4.17. The molecule has 9 heteroatoms. The summed E-state index contributed by atoms with van der Waals surface area (Å²) in [7, 11) is 1.29. The van der Waals surface area contributed by atoms with E-state index in [2.05, 4.69) is 9.72 Å². The van der Waals surface area contributed by atoms with Crippen LogP contribution >= 0.6 is 23.1 Å². The van der Waals surface area contributed by atoms with Crippen molar-refractivity contribution >= 4 is 40.9 Å². The van der Waals surface area contributed by atoms with Gasteiger partial charge in [-0.2, -0.15) is 0 Å². The van der Waals surface area contributed by atoms with E-state index >= 15 is 0 Å². The molecule has 0 atom stereocenters. The molecule has 0 saturated carbocycles. The van der Waals surface area contributed by atoms with Gasteiger partial charge in [-0.25, -0.2) is 14.6 Å². The van der Waals surface area contributed by atoms with E-state index in [0.29, 0.717) is 34.3 Å². The lowest BCUT2D eigenvalue weighted by atomic mass is 10.3. The molecule has 0 aromatic carbocycles. The van der Waals surface area contributed by atoms with Gasteiger partial charge in [-0.15, -0.1) is 11.3 Å². The Morgan fingerprint density at radius 3 is 2.75 bits per heavy atom. The van der Waals surface area contributed by atoms with E-state index in [1.165, 1.54) is 41.2 Å². The Balaban J connectivity index is 1.83. The van der Waals surface area contributed by atoms with Gasteiger partial charge in [-0.3, -0.25) is 4.79 Å². The van der Waals surface area contributed by atoms with Gasteiger partial charge < -0.3 is 14.4 Å². The van der Waals surface area contributed by atoms with Crippen molar-refractivity contribution in [3.05, 3.63) is 26.7 Å².